The molecular weight excluding hydrogens is 485 g/mol. The number of nitrogens with zero attached hydrogens (tertiary/aromatic N) is 2. The van der Waals surface area contributed by atoms with Crippen LogP contribution in [0.25, 0.3) is 0 Å². The van der Waals surface area contributed by atoms with Crippen molar-refractivity contribution in [3.63, 3.8) is 0 Å². The van der Waals surface area contributed by atoms with Gasteiger partial charge in [0, 0.05) is 36.0 Å². The summed E-state index contributed by atoms with van der Waals surface area (Å²) in [5.74, 6) is -0.518. The van der Waals surface area contributed by atoms with Gasteiger partial charge in [-0.15, -0.1) is 11.3 Å². The van der Waals surface area contributed by atoms with Crippen molar-refractivity contribution >= 4 is 38.9 Å². The predicted molar refractivity (Wildman–Crippen MR) is 127 cm³/mol. The standard InChI is InChI=1S/C23H23ClFN3O3S2/c1-15-2-7-19(12-20(15)24)33(30,31)28-10-8-17(9-11-28)23-27-21(14-32-23)22(29)26-13-16-3-5-18(25)6-4-16/h2-7,12,14,17H,8-11,13H2,1H3,(H,26,29). The Hall–Kier alpha value is -2.33. The van der Waals surface area contributed by atoms with Gasteiger partial charge in [-0.05, 0) is 55.2 Å². The molecule has 1 amide bonds. The lowest BCUT2D eigenvalue weighted by molar-refractivity contribution is 0.0946. The van der Waals surface area contributed by atoms with Crippen molar-refractivity contribution in [3.8, 4) is 0 Å². The van der Waals surface area contributed by atoms with Gasteiger partial charge in [0.1, 0.15) is 11.5 Å². The molecule has 0 spiro atoms. The number of rotatable bonds is 6. The number of nitrogens with one attached hydrogen (secondary N) is 1. The number of piperidine rings is 1. The van der Waals surface area contributed by atoms with Crippen molar-refractivity contribution in [2.24, 2.45) is 0 Å². The summed E-state index contributed by atoms with van der Waals surface area (Å²) < 4.78 is 40.4. The van der Waals surface area contributed by atoms with Crippen molar-refractivity contribution in [2.45, 2.75) is 37.1 Å². The first-order valence-corrected chi connectivity index (χ1v) is 13.2. The molecule has 4 rings (SSSR count). The van der Waals surface area contributed by atoms with Crippen molar-refractivity contribution in [2.75, 3.05) is 13.1 Å². The topological polar surface area (TPSA) is 79.4 Å². The fraction of sp³-hybridized carbons (Fsp3) is 0.304. The molecule has 1 aliphatic rings. The predicted octanol–water partition coefficient (Wildman–Crippen LogP) is 4.74. The summed E-state index contributed by atoms with van der Waals surface area (Å²) in [6.45, 7) is 2.87. The van der Waals surface area contributed by atoms with Gasteiger partial charge in [0.2, 0.25) is 10.0 Å². The molecule has 3 aromatic rings. The van der Waals surface area contributed by atoms with E-state index in [1.165, 1.54) is 33.8 Å². The minimum absolute atomic E-state index is 0.0988. The molecule has 0 bridgehead atoms. The Morgan fingerprint density at radius 3 is 2.58 bits per heavy atom. The van der Waals surface area contributed by atoms with E-state index in [1.807, 2.05) is 6.92 Å². The minimum atomic E-state index is -3.61. The molecule has 1 fully saturated rings. The fourth-order valence-corrected chi connectivity index (χ4v) is 6.39. The van der Waals surface area contributed by atoms with Gasteiger partial charge in [-0.3, -0.25) is 4.79 Å². The Morgan fingerprint density at radius 1 is 1.21 bits per heavy atom. The summed E-state index contributed by atoms with van der Waals surface area (Å²) in [5, 5.41) is 5.76. The first-order chi connectivity index (χ1) is 15.7. The van der Waals surface area contributed by atoms with Gasteiger partial charge >= 0.3 is 0 Å². The molecule has 33 heavy (non-hydrogen) atoms. The Kier molecular flexibility index (Phi) is 7.13. The number of aromatic nitrogens is 1. The number of amides is 1. The number of hydrogen-bond donors (Lipinski definition) is 1. The number of hydrogen-bond acceptors (Lipinski definition) is 5. The number of carbonyl (C=O) groups excluding carboxylic acids is 1. The average molecular weight is 508 g/mol. The highest BCUT2D eigenvalue weighted by atomic mass is 35.5. The Labute approximate surface area is 201 Å². The second kappa shape index (κ2) is 9.89. The Morgan fingerprint density at radius 2 is 1.91 bits per heavy atom. The molecule has 1 saturated heterocycles. The van der Waals surface area contributed by atoms with Crippen LogP contribution in [0.1, 0.15) is 45.4 Å². The van der Waals surface area contributed by atoms with E-state index >= 15 is 0 Å². The molecule has 0 saturated carbocycles. The van der Waals surface area contributed by atoms with Gasteiger partial charge in [0.15, 0.2) is 0 Å². The van der Waals surface area contributed by atoms with Gasteiger partial charge in [-0.1, -0.05) is 29.8 Å². The molecule has 0 unspecified atom stereocenters. The van der Waals surface area contributed by atoms with E-state index in [4.69, 9.17) is 11.6 Å². The molecule has 1 aromatic heterocycles. The lowest BCUT2D eigenvalue weighted by Crippen LogP contribution is -2.37. The molecule has 174 valence electrons. The first-order valence-electron chi connectivity index (χ1n) is 10.5. The molecule has 0 aliphatic carbocycles. The van der Waals surface area contributed by atoms with Crippen LogP contribution < -0.4 is 5.32 Å². The lowest BCUT2D eigenvalue weighted by atomic mass is 9.99. The van der Waals surface area contributed by atoms with Crippen LogP contribution in [-0.2, 0) is 16.6 Å². The van der Waals surface area contributed by atoms with Crippen LogP contribution in [0.5, 0.6) is 0 Å². The molecular formula is C23H23ClFN3O3S2. The number of sulfonamides is 1. The van der Waals surface area contributed by atoms with E-state index in [0.717, 1.165) is 16.1 Å². The number of halogens is 2. The van der Waals surface area contributed by atoms with Crippen LogP contribution in [0.15, 0.2) is 52.7 Å². The molecule has 0 atom stereocenters. The second-order valence-electron chi connectivity index (χ2n) is 7.97. The third kappa shape index (κ3) is 5.43. The average Bonchev–Trinajstić information content (AvgIpc) is 3.31. The normalized spacial score (nSPS) is 15.5. The molecule has 0 radical (unpaired) electrons. The van der Waals surface area contributed by atoms with E-state index in [9.17, 15) is 17.6 Å². The lowest BCUT2D eigenvalue weighted by Gasteiger charge is -2.30. The molecule has 1 aliphatic heterocycles. The van der Waals surface area contributed by atoms with E-state index in [2.05, 4.69) is 10.3 Å². The summed E-state index contributed by atoms with van der Waals surface area (Å²) in [6, 6.07) is 10.7. The van der Waals surface area contributed by atoms with E-state index in [-0.39, 0.29) is 29.1 Å². The largest absolute Gasteiger partial charge is 0.347 e. The maximum atomic E-state index is 13.0. The van der Waals surface area contributed by atoms with Crippen LogP contribution in [-0.4, -0.2) is 36.7 Å². The summed E-state index contributed by atoms with van der Waals surface area (Å²) >= 11 is 7.53. The third-order valence-corrected chi connectivity index (χ3v) is 9.01. The van der Waals surface area contributed by atoms with Crippen molar-refractivity contribution in [3.05, 3.63) is 80.5 Å². The zero-order valence-electron chi connectivity index (χ0n) is 17.9. The van der Waals surface area contributed by atoms with Crippen molar-refractivity contribution < 1.29 is 17.6 Å². The van der Waals surface area contributed by atoms with Crippen LogP contribution in [0, 0.1) is 12.7 Å². The Bertz CT molecular complexity index is 1250. The highest BCUT2D eigenvalue weighted by Gasteiger charge is 2.31. The third-order valence-electron chi connectivity index (χ3n) is 5.71. The molecule has 1 N–H and O–H groups in total. The number of aryl methyl sites for hydroxylation is 1. The number of thiazole rings is 1. The zero-order valence-corrected chi connectivity index (χ0v) is 20.3. The van der Waals surface area contributed by atoms with Gasteiger partial charge in [-0.25, -0.2) is 17.8 Å². The Balaban J connectivity index is 1.35. The van der Waals surface area contributed by atoms with E-state index in [0.29, 0.717) is 36.6 Å². The van der Waals surface area contributed by atoms with Crippen molar-refractivity contribution in [1.82, 2.24) is 14.6 Å². The maximum absolute atomic E-state index is 13.0. The smallest absolute Gasteiger partial charge is 0.271 e. The molecule has 10 heteroatoms. The van der Waals surface area contributed by atoms with Crippen LogP contribution in [0.3, 0.4) is 0 Å². The second-order valence-corrected chi connectivity index (χ2v) is 11.2. The van der Waals surface area contributed by atoms with Gasteiger partial charge in [0.05, 0.1) is 9.90 Å². The fourth-order valence-electron chi connectivity index (χ4n) is 3.68. The van der Waals surface area contributed by atoms with Crippen LogP contribution in [0.4, 0.5) is 4.39 Å². The molecule has 2 aromatic carbocycles. The highest BCUT2D eigenvalue weighted by Crippen LogP contribution is 2.33. The highest BCUT2D eigenvalue weighted by molar-refractivity contribution is 7.89. The first kappa shape index (κ1) is 23.8. The number of benzene rings is 2. The van der Waals surface area contributed by atoms with E-state index < -0.39 is 10.0 Å². The molecule has 6 nitrogen and oxygen atoms in total. The summed E-state index contributed by atoms with van der Waals surface area (Å²) in [4.78, 5) is 17.1. The summed E-state index contributed by atoms with van der Waals surface area (Å²) in [6.07, 6.45) is 1.26. The SMILES string of the molecule is Cc1ccc(S(=O)(=O)N2CCC(c3nc(C(=O)NCc4ccc(F)cc4)cs3)CC2)cc1Cl. The van der Waals surface area contributed by atoms with Gasteiger partial charge < -0.3 is 5.32 Å². The summed E-state index contributed by atoms with van der Waals surface area (Å²) in [7, 11) is -3.61. The van der Waals surface area contributed by atoms with Crippen molar-refractivity contribution in [1.29, 1.82) is 0 Å². The zero-order chi connectivity index (χ0) is 23.6. The maximum Gasteiger partial charge on any atom is 0.271 e. The quantitative estimate of drug-likeness (QED) is 0.522. The number of carbonyl (C=O) groups is 1. The molecule has 2 heterocycles. The summed E-state index contributed by atoms with van der Waals surface area (Å²) in [5.41, 5.74) is 1.96. The van der Waals surface area contributed by atoms with Crippen LogP contribution >= 0.6 is 22.9 Å². The van der Waals surface area contributed by atoms with Crippen LogP contribution in [0.2, 0.25) is 5.02 Å². The minimum Gasteiger partial charge on any atom is -0.347 e. The monoisotopic (exact) mass is 507 g/mol. The van der Waals surface area contributed by atoms with E-state index in [1.54, 1.807) is 29.6 Å². The van der Waals surface area contributed by atoms with Gasteiger partial charge in [-0.2, -0.15) is 4.31 Å². The van der Waals surface area contributed by atoms with Gasteiger partial charge in [0.25, 0.3) is 5.91 Å².